The minimum absolute atomic E-state index is 0.0545. The molecule has 6 heteroatoms. The normalized spacial score (nSPS) is 18.3. The maximum Gasteiger partial charge on any atom is 0.433 e. The first-order valence-corrected chi connectivity index (χ1v) is 6.84. The van der Waals surface area contributed by atoms with Crippen molar-refractivity contribution in [1.82, 2.24) is 4.98 Å². The molecule has 0 saturated heterocycles. The second-order valence-electron chi connectivity index (χ2n) is 4.44. The molecule has 1 aromatic heterocycles. The largest absolute Gasteiger partial charge is 0.481 e. The topological polar surface area (TPSA) is 50.2 Å². The van der Waals surface area contributed by atoms with Gasteiger partial charge >= 0.3 is 12.1 Å². The van der Waals surface area contributed by atoms with Crippen LogP contribution in [-0.4, -0.2) is 16.1 Å². The number of nitrogens with zero attached hydrogens (tertiary/aromatic N) is 1. The molecule has 116 valence electrons. The summed E-state index contributed by atoms with van der Waals surface area (Å²) in [5.74, 6) is -1.41. The Balaban J connectivity index is 0.00000106. The molecule has 0 spiro atoms. The number of hydrogen-bond acceptors (Lipinski definition) is 2. The number of carboxylic acid groups (broad SMARTS) is 1. The highest BCUT2D eigenvalue weighted by molar-refractivity contribution is 5.74. The van der Waals surface area contributed by atoms with Crippen LogP contribution in [0.3, 0.4) is 0 Å². The Labute approximate surface area is 121 Å². The van der Waals surface area contributed by atoms with Crippen molar-refractivity contribution in [3.8, 4) is 0 Å². The number of aromatic nitrogens is 1. The maximum absolute atomic E-state index is 12.8. The third-order valence-electron chi connectivity index (χ3n) is 3.18. The van der Waals surface area contributed by atoms with Gasteiger partial charge in [-0.2, -0.15) is 13.2 Å². The quantitative estimate of drug-likeness (QED) is 0.881. The summed E-state index contributed by atoms with van der Waals surface area (Å²) in [5, 5.41) is 8.86. The number of halogens is 3. The SMILES string of the molecule is CC.O=C(O)C1CC=C(c2cccnc2C(F)(F)F)CC1. The molecule has 0 aromatic carbocycles. The van der Waals surface area contributed by atoms with Gasteiger partial charge in [0, 0.05) is 11.8 Å². The Morgan fingerprint density at radius 2 is 2.05 bits per heavy atom. The molecular weight excluding hydrogens is 283 g/mol. The zero-order valence-electron chi connectivity index (χ0n) is 11.9. The Morgan fingerprint density at radius 1 is 1.38 bits per heavy atom. The van der Waals surface area contributed by atoms with Crippen molar-refractivity contribution in [3.05, 3.63) is 35.7 Å². The number of alkyl halides is 3. The van der Waals surface area contributed by atoms with Gasteiger partial charge < -0.3 is 5.11 Å². The molecule has 1 aliphatic rings. The molecule has 1 unspecified atom stereocenters. The molecule has 0 amide bonds. The Morgan fingerprint density at radius 3 is 2.52 bits per heavy atom. The molecule has 1 aromatic rings. The van der Waals surface area contributed by atoms with E-state index >= 15 is 0 Å². The Bertz CT molecular complexity index is 524. The van der Waals surface area contributed by atoms with Crippen molar-refractivity contribution in [2.45, 2.75) is 39.3 Å². The average molecular weight is 301 g/mol. The summed E-state index contributed by atoms with van der Waals surface area (Å²) in [6.07, 6.45) is -0.874. The van der Waals surface area contributed by atoms with Gasteiger partial charge in [-0.1, -0.05) is 26.0 Å². The first-order chi connectivity index (χ1) is 9.89. The molecule has 1 atom stereocenters. The van der Waals surface area contributed by atoms with Gasteiger partial charge in [0.15, 0.2) is 5.69 Å². The van der Waals surface area contributed by atoms with Gasteiger partial charge in [0.05, 0.1) is 5.92 Å². The number of allylic oxidation sites excluding steroid dienone is 2. The number of carbonyl (C=O) groups is 1. The molecule has 21 heavy (non-hydrogen) atoms. The molecular formula is C15H18F3NO2. The van der Waals surface area contributed by atoms with E-state index in [0.29, 0.717) is 18.4 Å². The van der Waals surface area contributed by atoms with Crippen LogP contribution in [-0.2, 0) is 11.0 Å². The number of carboxylic acids is 1. The van der Waals surface area contributed by atoms with Gasteiger partial charge in [-0.05, 0) is 30.9 Å². The molecule has 0 bridgehead atoms. The van der Waals surface area contributed by atoms with Crippen molar-refractivity contribution in [2.75, 3.05) is 0 Å². The highest BCUT2D eigenvalue weighted by Gasteiger charge is 2.36. The summed E-state index contributed by atoms with van der Waals surface area (Å²) >= 11 is 0. The van der Waals surface area contributed by atoms with E-state index in [4.69, 9.17) is 5.11 Å². The summed E-state index contributed by atoms with van der Waals surface area (Å²) in [7, 11) is 0. The van der Waals surface area contributed by atoms with E-state index in [1.807, 2.05) is 13.8 Å². The van der Waals surface area contributed by atoms with Crippen LogP contribution in [0.4, 0.5) is 13.2 Å². The van der Waals surface area contributed by atoms with Crippen molar-refractivity contribution in [1.29, 1.82) is 0 Å². The number of rotatable bonds is 2. The van der Waals surface area contributed by atoms with Crippen LogP contribution in [0.1, 0.15) is 44.4 Å². The lowest BCUT2D eigenvalue weighted by atomic mass is 9.86. The van der Waals surface area contributed by atoms with Crippen molar-refractivity contribution >= 4 is 11.5 Å². The van der Waals surface area contributed by atoms with Gasteiger partial charge in [0.25, 0.3) is 0 Å². The highest BCUT2D eigenvalue weighted by atomic mass is 19.4. The van der Waals surface area contributed by atoms with Gasteiger partial charge in [0.2, 0.25) is 0 Å². The van der Waals surface area contributed by atoms with Crippen LogP contribution < -0.4 is 0 Å². The Hall–Kier alpha value is -1.85. The fraction of sp³-hybridized carbons (Fsp3) is 0.467. The van der Waals surface area contributed by atoms with Crippen LogP contribution in [0.25, 0.3) is 5.57 Å². The average Bonchev–Trinajstić information content (AvgIpc) is 2.48. The van der Waals surface area contributed by atoms with Gasteiger partial charge in [-0.3, -0.25) is 9.78 Å². The molecule has 0 aliphatic heterocycles. The minimum atomic E-state index is -4.50. The van der Waals surface area contributed by atoms with Crippen molar-refractivity contribution in [3.63, 3.8) is 0 Å². The van der Waals surface area contributed by atoms with E-state index in [9.17, 15) is 18.0 Å². The third-order valence-corrected chi connectivity index (χ3v) is 3.18. The van der Waals surface area contributed by atoms with E-state index in [0.717, 1.165) is 6.20 Å². The second-order valence-corrected chi connectivity index (χ2v) is 4.44. The zero-order chi connectivity index (χ0) is 16.0. The molecule has 3 nitrogen and oxygen atoms in total. The smallest absolute Gasteiger partial charge is 0.433 e. The zero-order valence-corrected chi connectivity index (χ0v) is 11.9. The monoisotopic (exact) mass is 301 g/mol. The van der Waals surface area contributed by atoms with E-state index in [1.54, 1.807) is 6.08 Å². The van der Waals surface area contributed by atoms with E-state index in [-0.39, 0.29) is 12.0 Å². The summed E-state index contributed by atoms with van der Waals surface area (Å²) in [6, 6.07) is 2.83. The van der Waals surface area contributed by atoms with Gasteiger partial charge in [0.1, 0.15) is 0 Å². The molecule has 0 radical (unpaired) electrons. The minimum Gasteiger partial charge on any atom is -0.481 e. The Kier molecular flexibility index (Phi) is 5.93. The molecule has 0 fully saturated rings. The molecule has 2 rings (SSSR count). The third kappa shape index (κ3) is 4.31. The van der Waals surface area contributed by atoms with E-state index in [2.05, 4.69) is 4.98 Å². The maximum atomic E-state index is 12.8. The highest BCUT2D eigenvalue weighted by Crippen LogP contribution is 2.37. The summed E-state index contributed by atoms with van der Waals surface area (Å²) in [4.78, 5) is 14.2. The molecule has 1 N–H and O–H groups in total. The number of pyridine rings is 1. The standard InChI is InChI=1S/C13H12F3NO2.C2H6/c14-13(15,16)11-10(2-1-7-17-11)8-3-5-9(6-4-8)12(18)19;1-2/h1-3,7,9H,4-6H2,(H,18,19);1-2H3. The van der Waals surface area contributed by atoms with E-state index < -0.39 is 23.8 Å². The lowest BCUT2D eigenvalue weighted by Gasteiger charge is -2.20. The molecule has 1 aliphatic carbocycles. The lowest BCUT2D eigenvalue weighted by molar-refractivity contribution is -0.142. The van der Waals surface area contributed by atoms with Crippen LogP contribution in [0.5, 0.6) is 0 Å². The van der Waals surface area contributed by atoms with Crippen LogP contribution in [0.2, 0.25) is 0 Å². The first kappa shape index (κ1) is 17.2. The summed E-state index contributed by atoms with van der Waals surface area (Å²) in [6.45, 7) is 4.00. The summed E-state index contributed by atoms with van der Waals surface area (Å²) in [5.41, 5.74) is -0.327. The predicted molar refractivity (Wildman–Crippen MR) is 73.5 cm³/mol. The first-order valence-electron chi connectivity index (χ1n) is 6.84. The second kappa shape index (κ2) is 7.24. The van der Waals surface area contributed by atoms with Crippen LogP contribution >= 0.6 is 0 Å². The van der Waals surface area contributed by atoms with Crippen LogP contribution in [0.15, 0.2) is 24.4 Å². The van der Waals surface area contributed by atoms with Crippen LogP contribution in [0, 0.1) is 5.92 Å². The molecule has 1 heterocycles. The van der Waals surface area contributed by atoms with E-state index in [1.165, 1.54) is 12.1 Å². The number of hydrogen-bond donors (Lipinski definition) is 1. The molecule has 0 saturated carbocycles. The summed E-state index contributed by atoms with van der Waals surface area (Å²) < 4.78 is 38.5. The van der Waals surface area contributed by atoms with Crippen molar-refractivity contribution in [2.24, 2.45) is 5.92 Å². The van der Waals surface area contributed by atoms with Gasteiger partial charge in [-0.15, -0.1) is 0 Å². The lowest BCUT2D eigenvalue weighted by Crippen LogP contribution is -2.17. The number of aliphatic carboxylic acids is 1. The van der Waals surface area contributed by atoms with Crippen molar-refractivity contribution < 1.29 is 23.1 Å². The predicted octanol–water partition coefficient (Wildman–Crippen LogP) is 4.39. The fourth-order valence-corrected chi connectivity index (χ4v) is 2.19. The fourth-order valence-electron chi connectivity index (χ4n) is 2.19. The van der Waals surface area contributed by atoms with Gasteiger partial charge in [-0.25, -0.2) is 0 Å².